The van der Waals surface area contributed by atoms with Crippen LogP contribution in [0.4, 0.5) is 12.9 Å². The van der Waals surface area contributed by atoms with Crippen LogP contribution in [0.5, 0.6) is 0 Å². The molecule has 0 amide bonds. The third kappa shape index (κ3) is 4.00. The van der Waals surface area contributed by atoms with Gasteiger partial charge in [-0.2, -0.15) is 0 Å². The van der Waals surface area contributed by atoms with Crippen LogP contribution < -0.4 is 0 Å². The zero-order chi connectivity index (χ0) is 10.1. The molecule has 0 aromatic rings. The molecular weight excluding hydrogens is 182 g/mol. The van der Waals surface area contributed by atoms with Crippen LogP contribution in [-0.2, 0) is 4.74 Å². The third-order valence-electron chi connectivity index (χ3n) is 1.96. The molecule has 2 unspecified atom stereocenters. The minimum atomic E-state index is -4.70. The first-order valence-electron chi connectivity index (χ1n) is 4.45. The number of nitrogens with zero attached hydrogens (tertiary/aromatic N) is 1. The fourth-order valence-electron chi connectivity index (χ4n) is 1.73. The number of morpholine rings is 1. The topological polar surface area (TPSA) is 12.5 Å². The van der Waals surface area contributed by atoms with Crippen LogP contribution in [0.15, 0.2) is 0 Å². The Morgan fingerprint density at radius 2 is 1.69 bits per heavy atom. The van der Waals surface area contributed by atoms with E-state index in [-0.39, 0.29) is 12.2 Å². The highest BCUT2D eigenvalue weighted by Crippen LogP contribution is 2.16. The van der Waals surface area contributed by atoms with E-state index in [9.17, 15) is 12.9 Å². The Balaban J connectivity index is 2.42. The SMILES string of the molecule is CC1CN(C[B-](F)(F)F)CC(C)O1. The van der Waals surface area contributed by atoms with E-state index in [1.54, 1.807) is 13.8 Å². The quantitative estimate of drug-likeness (QED) is 0.620. The molecule has 1 aliphatic heterocycles. The Kier molecular flexibility index (Phi) is 3.24. The Morgan fingerprint density at radius 3 is 2.08 bits per heavy atom. The second kappa shape index (κ2) is 3.88. The van der Waals surface area contributed by atoms with E-state index in [0.717, 1.165) is 0 Å². The number of ether oxygens (including phenoxy) is 1. The number of hydrogen-bond acceptors (Lipinski definition) is 2. The van der Waals surface area contributed by atoms with Crippen LogP contribution in [0.1, 0.15) is 13.8 Å². The monoisotopic (exact) mass is 196 g/mol. The lowest BCUT2D eigenvalue weighted by Crippen LogP contribution is -2.50. The molecule has 6 heteroatoms. The Labute approximate surface area is 76.1 Å². The Hall–Kier alpha value is -0.225. The lowest BCUT2D eigenvalue weighted by Gasteiger charge is -2.37. The zero-order valence-corrected chi connectivity index (χ0v) is 7.84. The second-order valence-electron chi connectivity index (χ2n) is 3.69. The highest BCUT2D eigenvalue weighted by molar-refractivity contribution is 6.58. The van der Waals surface area contributed by atoms with Gasteiger partial charge >= 0.3 is 6.98 Å². The van der Waals surface area contributed by atoms with Crippen LogP contribution in [0.3, 0.4) is 0 Å². The summed E-state index contributed by atoms with van der Waals surface area (Å²) in [5, 5.41) is 0. The van der Waals surface area contributed by atoms with Gasteiger partial charge in [-0.05, 0) is 20.3 Å². The average Bonchev–Trinajstić information content (AvgIpc) is 1.78. The molecule has 2 nitrogen and oxygen atoms in total. The molecule has 78 valence electrons. The fourth-order valence-corrected chi connectivity index (χ4v) is 1.73. The third-order valence-corrected chi connectivity index (χ3v) is 1.96. The van der Waals surface area contributed by atoms with Crippen LogP contribution in [-0.4, -0.2) is 43.6 Å². The standard InChI is InChI=1S/C7H14BF3NO/c1-6-3-12(4-7(2)13-6)5-8(9,10)11/h6-7H,3-5H2,1-2H3/q-1. The molecule has 1 rings (SSSR count). The summed E-state index contributed by atoms with van der Waals surface area (Å²) in [5.41, 5.74) is 0. The predicted molar refractivity (Wildman–Crippen MR) is 45.5 cm³/mol. The van der Waals surface area contributed by atoms with Crippen molar-refractivity contribution in [1.29, 1.82) is 0 Å². The van der Waals surface area contributed by atoms with Crippen molar-refractivity contribution in [2.45, 2.75) is 26.1 Å². The van der Waals surface area contributed by atoms with Crippen molar-refractivity contribution in [3.05, 3.63) is 0 Å². The molecule has 1 saturated heterocycles. The molecule has 0 saturated carbocycles. The van der Waals surface area contributed by atoms with Crippen molar-refractivity contribution in [3.8, 4) is 0 Å². The van der Waals surface area contributed by atoms with Gasteiger partial charge in [-0.25, -0.2) is 0 Å². The highest BCUT2D eigenvalue weighted by atomic mass is 19.4. The number of hydrogen-bond donors (Lipinski definition) is 0. The first-order chi connectivity index (χ1) is 5.87. The molecule has 1 fully saturated rings. The first kappa shape index (κ1) is 10.9. The summed E-state index contributed by atoms with van der Waals surface area (Å²) in [6.45, 7) is -0.344. The summed E-state index contributed by atoms with van der Waals surface area (Å²) in [6.07, 6.45) is -0.957. The van der Waals surface area contributed by atoms with E-state index in [2.05, 4.69) is 0 Å². The Bertz CT molecular complexity index is 166. The largest absolute Gasteiger partial charge is 0.492 e. The lowest BCUT2D eigenvalue weighted by molar-refractivity contribution is -0.0647. The van der Waals surface area contributed by atoms with Gasteiger partial charge in [0, 0.05) is 13.1 Å². The first-order valence-corrected chi connectivity index (χ1v) is 4.45. The summed E-state index contributed by atoms with van der Waals surface area (Å²) in [7, 11) is 0. The fraction of sp³-hybridized carbons (Fsp3) is 1.00. The normalized spacial score (nSPS) is 32.1. The molecule has 2 atom stereocenters. The maximum atomic E-state index is 12.1. The van der Waals surface area contributed by atoms with E-state index in [1.165, 1.54) is 4.90 Å². The maximum Gasteiger partial charge on any atom is 0.492 e. The molecule has 0 aliphatic carbocycles. The van der Waals surface area contributed by atoms with E-state index in [0.29, 0.717) is 13.1 Å². The van der Waals surface area contributed by atoms with Crippen molar-refractivity contribution in [2.24, 2.45) is 0 Å². The van der Waals surface area contributed by atoms with E-state index < -0.39 is 13.4 Å². The van der Waals surface area contributed by atoms with Crippen LogP contribution in [0.2, 0.25) is 0 Å². The van der Waals surface area contributed by atoms with E-state index in [4.69, 9.17) is 4.74 Å². The Morgan fingerprint density at radius 1 is 1.23 bits per heavy atom. The number of rotatable bonds is 2. The van der Waals surface area contributed by atoms with Crippen molar-refractivity contribution in [3.63, 3.8) is 0 Å². The smallest absolute Gasteiger partial charge is 0.448 e. The van der Waals surface area contributed by atoms with Gasteiger partial charge in [-0.3, -0.25) is 0 Å². The molecule has 0 aromatic heterocycles. The summed E-state index contributed by atoms with van der Waals surface area (Å²) >= 11 is 0. The molecule has 1 heterocycles. The van der Waals surface area contributed by atoms with Crippen molar-refractivity contribution in [2.75, 3.05) is 19.5 Å². The van der Waals surface area contributed by atoms with E-state index >= 15 is 0 Å². The minimum Gasteiger partial charge on any atom is -0.448 e. The lowest BCUT2D eigenvalue weighted by atomic mass is 9.90. The molecule has 0 aromatic carbocycles. The molecule has 0 N–H and O–H groups in total. The molecule has 0 radical (unpaired) electrons. The van der Waals surface area contributed by atoms with Gasteiger partial charge in [0.05, 0.1) is 12.2 Å². The van der Waals surface area contributed by atoms with Gasteiger partial charge in [-0.15, -0.1) is 0 Å². The maximum absolute atomic E-state index is 12.1. The molecule has 0 spiro atoms. The van der Waals surface area contributed by atoms with Gasteiger partial charge in [0.2, 0.25) is 0 Å². The average molecular weight is 196 g/mol. The van der Waals surface area contributed by atoms with Gasteiger partial charge in [-0.1, -0.05) is 0 Å². The van der Waals surface area contributed by atoms with Gasteiger partial charge in [0.1, 0.15) is 0 Å². The second-order valence-corrected chi connectivity index (χ2v) is 3.69. The van der Waals surface area contributed by atoms with Gasteiger partial charge in [0.15, 0.2) is 0 Å². The van der Waals surface area contributed by atoms with Crippen molar-refractivity contribution >= 4 is 6.98 Å². The van der Waals surface area contributed by atoms with Crippen LogP contribution in [0, 0.1) is 0 Å². The molecule has 1 aliphatic rings. The summed E-state index contributed by atoms with van der Waals surface area (Å²) in [4.78, 5) is 1.42. The molecule has 13 heavy (non-hydrogen) atoms. The van der Waals surface area contributed by atoms with E-state index in [1.807, 2.05) is 0 Å². The van der Waals surface area contributed by atoms with Crippen LogP contribution in [0.25, 0.3) is 0 Å². The number of halogens is 3. The van der Waals surface area contributed by atoms with Crippen molar-refractivity contribution in [1.82, 2.24) is 4.90 Å². The predicted octanol–water partition coefficient (Wildman–Crippen LogP) is 1.48. The highest BCUT2D eigenvalue weighted by Gasteiger charge is 2.30. The minimum absolute atomic E-state index is 0.0955. The van der Waals surface area contributed by atoms with Crippen molar-refractivity contribution < 1.29 is 17.7 Å². The molecular formula is C7H14BF3NO-. The zero-order valence-electron chi connectivity index (χ0n) is 7.84. The van der Waals surface area contributed by atoms with Crippen LogP contribution >= 0.6 is 0 Å². The summed E-state index contributed by atoms with van der Waals surface area (Å²) in [5.74, 6) is 0. The van der Waals surface area contributed by atoms with Gasteiger partial charge < -0.3 is 22.6 Å². The summed E-state index contributed by atoms with van der Waals surface area (Å²) in [6, 6.07) is 0. The van der Waals surface area contributed by atoms with Gasteiger partial charge in [0.25, 0.3) is 0 Å². The summed E-state index contributed by atoms with van der Waals surface area (Å²) < 4.78 is 41.6. The molecule has 0 bridgehead atoms.